The Balaban J connectivity index is 1.43. The number of ether oxygens (including phenoxy) is 1. The van der Waals surface area contributed by atoms with Gasteiger partial charge >= 0.3 is 6.09 Å². The lowest BCUT2D eigenvalue weighted by molar-refractivity contribution is 0.0981. The number of nitrogens with one attached hydrogen (secondary N) is 3. The second kappa shape index (κ2) is 8.41. The van der Waals surface area contributed by atoms with Gasteiger partial charge in [0.2, 0.25) is 0 Å². The SMILES string of the molecule is CC(C)NC(=O)O[C@@H]1CC[C@H](c2cc(Nc3nccn4nc(C(C)(C)S)cc34)n[nH]2)C1. The third kappa shape index (κ3) is 4.95. The van der Waals surface area contributed by atoms with Crippen LogP contribution in [0.5, 0.6) is 0 Å². The molecule has 1 fully saturated rings. The van der Waals surface area contributed by atoms with Crippen LogP contribution in [0.1, 0.15) is 64.3 Å². The average molecular weight is 444 g/mol. The Morgan fingerprint density at radius 3 is 2.90 bits per heavy atom. The van der Waals surface area contributed by atoms with Crippen LogP contribution in [-0.2, 0) is 9.48 Å². The molecule has 0 saturated heterocycles. The van der Waals surface area contributed by atoms with Crippen molar-refractivity contribution in [3.63, 3.8) is 0 Å². The first-order valence-corrected chi connectivity index (χ1v) is 11.0. The molecule has 0 bridgehead atoms. The van der Waals surface area contributed by atoms with E-state index < -0.39 is 0 Å². The minimum atomic E-state index is -0.351. The first-order chi connectivity index (χ1) is 14.7. The van der Waals surface area contributed by atoms with Gasteiger partial charge in [-0.2, -0.15) is 22.8 Å². The summed E-state index contributed by atoms with van der Waals surface area (Å²) in [5.41, 5.74) is 2.75. The molecular formula is C21H29N7O2S. The molecule has 9 nitrogen and oxygen atoms in total. The van der Waals surface area contributed by atoms with E-state index in [2.05, 4.69) is 43.5 Å². The normalized spacial score (nSPS) is 19.2. The number of rotatable bonds is 6. The first-order valence-electron chi connectivity index (χ1n) is 10.6. The minimum absolute atomic E-state index is 0.0645. The number of fused-ring (bicyclic) bond motifs is 1. The average Bonchev–Trinajstić information content (AvgIpc) is 3.39. The molecule has 0 unspecified atom stereocenters. The summed E-state index contributed by atoms with van der Waals surface area (Å²) in [4.78, 5) is 16.3. The predicted molar refractivity (Wildman–Crippen MR) is 122 cm³/mol. The van der Waals surface area contributed by atoms with Gasteiger partial charge in [-0.05, 0) is 53.0 Å². The van der Waals surface area contributed by atoms with Crippen LogP contribution in [0.15, 0.2) is 24.5 Å². The topological polar surface area (TPSA) is 109 Å². The zero-order valence-corrected chi connectivity index (χ0v) is 19.1. The van der Waals surface area contributed by atoms with E-state index in [1.165, 1.54) is 0 Å². The lowest BCUT2D eigenvalue weighted by atomic mass is 10.0. The molecule has 4 rings (SSSR count). The summed E-state index contributed by atoms with van der Waals surface area (Å²) in [7, 11) is 0. The molecule has 3 aromatic heterocycles. The van der Waals surface area contributed by atoms with Gasteiger partial charge in [-0.3, -0.25) is 5.10 Å². The summed E-state index contributed by atoms with van der Waals surface area (Å²) in [5, 5.41) is 18.2. The van der Waals surface area contributed by atoms with Crippen molar-refractivity contribution in [2.45, 2.75) is 69.8 Å². The smallest absolute Gasteiger partial charge is 0.407 e. The second-order valence-corrected chi connectivity index (χ2v) is 9.98. The van der Waals surface area contributed by atoms with Gasteiger partial charge in [0.15, 0.2) is 11.6 Å². The maximum absolute atomic E-state index is 11.8. The number of nitrogens with zero attached hydrogens (tertiary/aromatic N) is 4. The Morgan fingerprint density at radius 1 is 1.35 bits per heavy atom. The maximum atomic E-state index is 11.8. The van der Waals surface area contributed by atoms with E-state index in [1.807, 2.05) is 46.0 Å². The zero-order chi connectivity index (χ0) is 22.2. The molecular weight excluding hydrogens is 414 g/mol. The maximum Gasteiger partial charge on any atom is 0.407 e. The molecule has 31 heavy (non-hydrogen) atoms. The molecule has 3 N–H and O–H groups in total. The van der Waals surface area contributed by atoms with Gasteiger partial charge in [0.05, 0.1) is 10.4 Å². The molecule has 1 aliphatic rings. The number of H-pyrrole nitrogens is 1. The highest BCUT2D eigenvalue weighted by Gasteiger charge is 2.30. The number of thiol groups is 1. The number of anilines is 2. The van der Waals surface area contributed by atoms with Gasteiger partial charge in [-0.15, -0.1) is 0 Å². The summed E-state index contributed by atoms with van der Waals surface area (Å²) < 4.78 is 6.97. The Hall–Kier alpha value is -2.75. The van der Waals surface area contributed by atoms with Gasteiger partial charge in [0, 0.05) is 36.1 Å². The molecule has 0 aromatic carbocycles. The number of amides is 1. The highest BCUT2D eigenvalue weighted by molar-refractivity contribution is 7.81. The molecule has 10 heteroatoms. The zero-order valence-electron chi connectivity index (χ0n) is 18.2. The number of carbonyl (C=O) groups is 1. The van der Waals surface area contributed by atoms with E-state index in [4.69, 9.17) is 4.74 Å². The molecule has 1 aliphatic carbocycles. The van der Waals surface area contributed by atoms with Crippen molar-refractivity contribution in [3.8, 4) is 0 Å². The summed E-state index contributed by atoms with van der Waals surface area (Å²) in [6.07, 6.45) is 5.66. The van der Waals surface area contributed by atoms with Crippen molar-refractivity contribution >= 4 is 35.9 Å². The first kappa shape index (κ1) is 21.5. The molecule has 0 aliphatic heterocycles. The Kier molecular flexibility index (Phi) is 5.83. The number of hydrogen-bond acceptors (Lipinski definition) is 7. The fourth-order valence-electron chi connectivity index (χ4n) is 3.80. The van der Waals surface area contributed by atoms with Crippen molar-refractivity contribution in [2.24, 2.45) is 0 Å². The summed E-state index contributed by atoms with van der Waals surface area (Å²) in [6, 6.07) is 4.04. The largest absolute Gasteiger partial charge is 0.446 e. The van der Waals surface area contributed by atoms with E-state index in [9.17, 15) is 4.79 Å². The summed E-state index contributed by atoms with van der Waals surface area (Å²) in [6.45, 7) is 7.83. The van der Waals surface area contributed by atoms with E-state index in [1.54, 1.807) is 10.7 Å². The lowest BCUT2D eigenvalue weighted by Crippen LogP contribution is -2.33. The van der Waals surface area contributed by atoms with Crippen molar-refractivity contribution in [3.05, 3.63) is 35.9 Å². The third-order valence-electron chi connectivity index (χ3n) is 5.37. The standard InChI is InChI=1S/C21H29N7O2S/c1-12(2)23-20(29)30-14-6-5-13(9-14)15-10-18(26-25-15)24-19-16-11-17(21(3,4)31)27-28(16)8-7-22-19/h7-8,10-14,31H,5-6,9H2,1-4H3,(H,23,29)(H2,22,24,25,26)/t13-,14+/m0/s1. The molecule has 3 heterocycles. The summed E-state index contributed by atoms with van der Waals surface area (Å²) >= 11 is 4.62. The molecule has 1 amide bonds. The number of aromatic amines is 1. The van der Waals surface area contributed by atoms with E-state index in [-0.39, 0.29) is 28.9 Å². The van der Waals surface area contributed by atoms with Crippen LogP contribution < -0.4 is 10.6 Å². The van der Waals surface area contributed by atoms with Crippen LogP contribution in [0, 0.1) is 0 Å². The third-order valence-corrected chi connectivity index (χ3v) is 5.59. The second-order valence-electron chi connectivity index (χ2n) is 8.86. The van der Waals surface area contributed by atoms with Crippen molar-refractivity contribution in [1.82, 2.24) is 30.1 Å². The highest BCUT2D eigenvalue weighted by atomic mass is 32.1. The van der Waals surface area contributed by atoms with Crippen LogP contribution >= 0.6 is 12.6 Å². The van der Waals surface area contributed by atoms with E-state index in [0.29, 0.717) is 11.6 Å². The van der Waals surface area contributed by atoms with Gasteiger partial charge in [0.25, 0.3) is 0 Å². The number of aromatic nitrogens is 5. The Labute approximate surface area is 186 Å². The monoisotopic (exact) mass is 443 g/mol. The molecule has 0 radical (unpaired) electrons. The molecule has 3 aromatic rings. The lowest BCUT2D eigenvalue weighted by Gasteiger charge is -2.14. The Bertz CT molecular complexity index is 1070. The van der Waals surface area contributed by atoms with Crippen molar-refractivity contribution < 1.29 is 9.53 Å². The predicted octanol–water partition coefficient (Wildman–Crippen LogP) is 4.13. The fraction of sp³-hybridized carbons (Fsp3) is 0.524. The highest BCUT2D eigenvalue weighted by Crippen LogP contribution is 2.36. The van der Waals surface area contributed by atoms with E-state index >= 15 is 0 Å². The van der Waals surface area contributed by atoms with Crippen molar-refractivity contribution in [2.75, 3.05) is 5.32 Å². The fourth-order valence-corrected chi connectivity index (χ4v) is 3.91. The van der Waals surface area contributed by atoms with Gasteiger partial charge in [-0.1, -0.05) is 0 Å². The molecule has 1 saturated carbocycles. The number of carbonyl (C=O) groups excluding carboxylic acids is 1. The number of alkyl carbamates (subject to hydrolysis) is 1. The van der Waals surface area contributed by atoms with Crippen LogP contribution in [0.25, 0.3) is 5.52 Å². The van der Waals surface area contributed by atoms with Crippen LogP contribution in [-0.4, -0.2) is 43.0 Å². The van der Waals surface area contributed by atoms with Gasteiger partial charge in [0.1, 0.15) is 11.6 Å². The molecule has 0 spiro atoms. The molecule has 166 valence electrons. The van der Waals surface area contributed by atoms with Gasteiger partial charge < -0.3 is 15.4 Å². The molecule has 2 atom stereocenters. The quantitative estimate of drug-likeness (QED) is 0.427. The number of hydrogen-bond donors (Lipinski definition) is 4. The Morgan fingerprint density at radius 2 is 2.16 bits per heavy atom. The van der Waals surface area contributed by atoms with Crippen molar-refractivity contribution in [1.29, 1.82) is 0 Å². The van der Waals surface area contributed by atoms with E-state index in [0.717, 1.165) is 36.2 Å². The van der Waals surface area contributed by atoms with Gasteiger partial charge in [-0.25, -0.2) is 14.3 Å². The van der Waals surface area contributed by atoms with Crippen LogP contribution in [0.4, 0.5) is 16.4 Å². The minimum Gasteiger partial charge on any atom is -0.446 e. The van der Waals surface area contributed by atoms with Crippen LogP contribution in [0.2, 0.25) is 0 Å². The van der Waals surface area contributed by atoms with Crippen LogP contribution in [0.3, 0.4) is 0 Å². The summed E-state index contributed by atoms with van der Waals surface area (Å²) in [5.74, 6) is 1.63.